The normalized spacial score (nSPS) is 9.44. The average molecular weight is 250 g/mol. The summed E-state index contributed by atoms with van der Waals surface area (Å²) in [6, 6.07) is 3.55. The fourth-order valence-corrected chi connectivity index (χ4v) is 1.74. The predicted octanol–water partition coefficient (Wildman–Crippen LogP) is 3.54. The van der Waals surface area contributed by atoms with Crippen molar-refractivity contribution in [1.29, 1.82) is 0 Å². The van der Waals surface area contributed by atoms with E-state index in [0.29, 0.717) is 22.8 Å². The summed E-state index contributed by atoms with van der Waals surface area (Å²) in [5.74, 6) is 0.838. The molecule has 0 amide bonds. The Balaban J connectivity index is 0.00000137. The van der Waals surface area contributed by atoms with Crippen LogP contribution in [-0.4, -0.2) is 19.7 Å². The lowest BCUT2D eigenvalue weighted by molar-refractivity contribution is 0.111. The molecule has 1 rings (SSSR count). The molecule has 3 heteroatoms. The Morgan fingerprint density at radius 3 is 1.83 bits per heavy atom. The summed E-state index contributed by atoms with van der Waals surface area (Å²) in [5.41, 5.74) is 1.85. The van der Waals surface area contributed by atoms with Crippen LogP contribution in [0.2, 0.25) is 0 Å². The third kappa shape index (κ3) is 4.32. The fraction of sp³-hybridized carbons (Fsp3) is 0.467. The van der Waals surface area contributed by atoms with Gasteiger partial charge in [-0.15, -0.1) is 0 Å². The molecule has 0 heterocycles. The maximum Gasteiger partial charge on any atom is 0.153 e. The number of rotatable bonds is 5. The Morgan fingerprint density at radius 1 is 1.11 bits per heavy atom. The Morgan fingerprint density at radius 2 is 1.56 bits per heavy atom. The molecule has 0 saturated heterocycles. The van der Waals surface area contributed by atoms with Crippen LogP contribution >= 0.6 is 0 Å². The zero-order valence-corrected chi connectivity index (χ0v) is 11.8. The van der Waals surface area contributed by atoms with Crippen LogP contribution in [0, 0.1) is 5.92 Å². The zero-order chi connectivity index (χ0) is 14.1. The van der Waals surface area contributed by atoms with Gasteiger partial charge in [-0.3, -0.25) is 9.59 Å². The van der Waals surface area contributed by atoms with Crippen molar-refractivity contribution in [3.63, 3.8) is 0 Å². The van der Waals surface area contributed by atoms with Crippen molar-refractivity contribution in [1.82, 2.24) is 0 Å². The van der Waals surface area contributed by atoms with E-state index in [4.69, 9.17) is 4.74 Å². The largest absolute Gasteiger partial charge is 0.495 e. The number of benzene rings is 1. The van der Waals surface area contributed by atoms with Crippen LogP contribution in [0.3, 0.4) is 0 Å². The smallest absolute Gasteiger partial charge is 0.153 e. The number of hydrogen-bond acceptors (Lipinski definition) is 3. The molecule has 0 atom stereocenters. The standard InChI is InChI=1S/C13H16O3.C2H6/c1-9(2)4-10-5-11(7-14)13(16-3)12(6-10)8-15;1-2/h5-9H,4H2,1-3H3;1-2H3. The highest BCUT2D eigenvalue weighted by atomic mass is 16.5. The van der Waals surface area contributed by atoms with Gasteiger partial charge in [-0.05, 0) is 30.0 Å². The molecule has 0 aliphatic heterocycles. The maximum absolute atomic E-state index is 10.9. The topological polar surface area (TPSA) is 43.4 Å². The molecule has 18 heavy (non-hydrogen) atoms. The first kappa shape index (κ1) is 16.4. The molecule has 0 aliphatic carbocycles. The van der Waals surface area contributed by atoms with E-state index in [1.165, 1.54) is 7.11 Å². The van der Waals surface area contributed by atoms with Crippen LogP contribution in [0.1, 0.15) is 54.0 Å². The van der Waals surface area contributed by atoms with Gasteiger partial charge in [0.25, 0.3) is 0 Å². The fourth-order valence-electron chi connectivity index (χ4n) is 1.74. The minimum atomic E-state index is 0.359. The second-order valence-corrected chi connectivity index (χ2v) is 4.14. The minimum Gasteiger partial charge on any atom is -0.495 e. The highest BCUT2D eigenvalue weighted by Gasteiger charge is 2.11. The molecule has 1 aromatic rings. The summed E-state index contributed by atoms with van der Waals surface area (Å²) < 4.78 is 5.06. The third-order valence-electron chi connectivity index (χ3n) is 2.31. The van der Waals surface area contributed by atoms with E-state index < -0.39 is 0 Å². The number of carbonyl (C=O) groups excluding carboxylic acids is 2. The van der Waals surface area contributed by atoms with Crippen LogP contribution in [0.4, 0.5) is 0 Å². The summed E-state index contributed by atoms with van der Waals surface area (Å²) in [6.07, 6.45) is 2.27. The first-order chi connectivity index (χ1) is 8.62. The second-order valence-electron chi connectivity index (χ2n) is 4.14. The predicted molar refractivity (Wildman–Crippen MR) is 73.7 cm³/mol. The molecule has 0 radical (unpaired) electrons. The molecular formula is C15H22O3. The van der Waals surface area contributed by atoms with Crippen molar-refractivity contribution in [2.24, 2.45) is 5.92 Å². The van der Waals surface area contributed by atoms with E-state index in [0.717, 1.165) is 24.6 Å². The number of methoxy groups -OCH3 is 1. The summed E-state index contributed by atoms with van der Waals surface area (Å²) in [4.78, 5) is 21.8. The monoisotopic (exact) mass is 250 g/mol. The number of hydrogen-bond donors (Lipinski definition) is 0. The van der Waals surface area contributed by atoms with Gasteiger partial charge in [0.15, 0.2) is 12.6 Å². The molecular weight excluding hydrogens is 228 g/mol. The van der Waals surface area contributed by atoms with Crippen LogP contribution in [-0.2, 0) is 6.42 Å². The minimum absolute atomic E-state index is 0.359. The van der Waals surface area contributed by atoms with Crippen molar-refractivity contribution < 1.29 is 14.3 Å². The lowest BCUT2D eigenvalue weighted by Gasteiger charge is -2.11. The summed E-state index contributed by atoms with van der Waals surface area (Å²) in [5, 5.41) is 0. The molecule has 0 saturated carbocycles. The van der Waals surface area contributed by atoms with Crippen molar-refractivity contribution in [2.75, 3.05) is 7.11 Å². The first-order valence-electron chi connectivity index (χ1n) is 6.23. The Bertz CT molecular complexity index is 366. The highest BCUT2D eigenvalue weighted by molar-refractivity contribution is 5.89. The van der Waals surface area contributed by atoms with Crippen LogP contribution in [0.5, 0.6) is 5.75 Å². The number of ether oxygens (including phenoxy) is 1. The Hall–Kier alpha value is -1.64. The molecule has 0 aromatic heterocycles. The quantitative estimate of drug-likeness (QED) is 0.751. The van der Waals surface area contributed by atoms with E-state index in [1.54, 1.807) is 12.1 Å². The zero-order valence-electron chi connectivity index (χ0n) is 11.8. The van der Waals surface area contributed by atoms with E-state index in [1.807, 2.05) is 13.8 Å². The molecule has 3 nitrogen and oxygen atoms in total. The number of carbonyl (C=O) groups is 2. The van der Waals surface area contributed by atoms with Gasteiger partial charge in [-0.1, -0.05) is 27.7 Å². The molecule has 0 unspecified atom stereocenters. The van der Waals surface area contributed by atoms with Gasteiger partial charge in [0, 0.05) is 0 Å². The molecule has 0 bridgehead atoms. The van der Waals surface area contributed by atoms with Crippen molar-refractivity contribution in [3.8, 4) is 5.75 Å². The van der Waals surface area contributed by atoms with Gasteiger partial charge in [0.2, 0.25) is 0 Å². The van der Waals surface area contributed by atoms with E-state index in [9.17, 15) is 9.59 Å². The average Bonchev–Trinajstić information content (AvgIpc) is 2.39. The number of aldehydes is 2. The van der Waals surface area contributed by atoms with Crippen LogP contribution in [0.15, 0.2) is 12.1 Å². The van der Waals surface area contributed by atoms with Crippen LogP contribution < -0.4 is 4.74 Å². The van der Waals surface area contributed by atoms with Gasteiger partial charge in [-0.2, -0.15) is 0 Å². The van der Waals surface area contributed by atoms with Gasteiger partial charge in [-0.25, -0.2) is 0 Å². The van der Waals surface area contributed by atoms with Gasteiger partial charge >= 0.3 is 0 Å². The first-order valence-corrected chi connectivity index (χ1v) is 6.23. The Labute approximate surface area is 109 Å². The molecule has 0 fully saturated rings. The van der Waals surface area contributed by atoms with Crippen LogP contribution in [0.25, 0.3) is 0 Å². The molecule has 0 aliphatic rings. The van der Waals surface area contributed by atoms with Gasteiger partial charge in [0.1, 0.15) is 5.75 Å². The summed E-state index contributed by atoms with van der Waals surface area (Å²) in [7, 11) is 1.46. The van der Waals surface area contributed by atoms with Crippen molar-refractivity contribution >= 4 is 12.6 Å². The third-order valence-corrected chi connectivity index (χ3v) is 2.31. The van der Waals surface area contributed by atoms with Crippen molar-refractivity contribution in [2.45, 2.75) is 34.1 Å². The van der Waals surface area contributed by atoms with Crippen molar-refractivity contribution in [3.05, 3.63) is 28.8 Å². The SMILES string of the molecule is CC.COc1c(C=O)cc(CC(C)C)cc1C=O. The lowest BCUT2D eigenvalue weighted by atomic mass is 9.98. The van der Waals surface area contributed by atoms with Gasteiger partial charge in [0.05, 0.1) is 18.2 Å². The summed E-state index contributed by atoms with van der Waals surface area (Å²) in [6.45, 7) is 8.18. The van der Waals surface area contributed by atoms with E-state index >= 15 is 0 Å². The Kier molecular flexibility index (Phi) is 7.68. The van der Waals surface area contributed by atoms with E-state index in [-0.39, 0.29) is 0 Å². The van der Waals surface area contributed by atoms with Gasteiger partial charge < -0.3 is 4.74 Å². The highest BCUT2D eigenvalue weighted by Crippen LogP contribution is 2.24. The second kappa shape index (κ2) is 8.45. The lowest BCUT2D eigenvalue weighted by Crippen LogP contribution is -2.01. The molecule has 1 aromatic carbocycles. The molecule has 100 valence electrons. The maximum atomic E-state index is 10.9. The molecule has 0 spiro atoms. The van der Waals surface area contributed by atoms with E-state index in [2.05, 4.69) is 13.8 Å². The summed E-state index contributed by atoms with van der Waals surface area (Å²) >= 11 is 0. The molecule has 0 N–H and O–H groups in total.